The number of carbonyl (C=O) groups excluding carboxylic acids is 1. The molecule has 3 aromatic rings. The Morgan fingerprint density at radius 2 is 2.00 bits per heavy atom. The molecule has 0 aliphatic heterocycles. The number of nitro benzene ring substituents is 1. The summed E-state index contributed by atoms with van der Waals surface area (Å²) < 4.78 is 8.30. The Hall–Kier alpha value is -3.36. The van der Waals surface area contributed by atoms with E-state index in [0.717, 1.165) is 12.8 Å². The van der Waals surface area contributed by atoms with E-state index in [1.54, 1.807) is 32.1 Å². The first-order valence-electron chi connectivity index (χ1n) is 9.33. The summed E-state index contributed by atoms with van der Waals surface area (Å²) in [5, 5.41) is 12.1. The molecule has 0 amide bonds. The highest BCUT2D eigenvalue weighted by Gasteiger charge is 2.29. The number of non-ortho nitro benzene ring substituents is 1. The molecule has 0 fully saturated rings. The topological polar surface area (TPSA) is 99.6 Å². The number of pyridine rings is 1. The molecule has 0 unspecified atom stereocenters. The average molecular weight is 400 g/mol. The van der Waals surface area contributed by atoms with Crippen molar-refractivity contribution >= 4 is 39.3 Å². The highest BCUT2D eigenvalue weighted by Crippen LogP contribution is 2.36. The maximum Gasteiger partial charge on any atom is 0.342 e. The minimum Gasteiger partial charge on any atom is -0.465 e. The number of nitro groups is 1. The molecule has 0 saturated heterocycles. The Balaban J connectivity index is 2.65. The van der Waals surface area contributed by atoms with Crippen LogP contribution in [-0.2, 0) is 18.3 Å². The summed E-state index contributed by atoms with van der Waals surface area (Å²) in [6.07, 6.45) is 1.72. The lowest BCUT2D eigenvalue weighted by Gasteiger charge is -2.18. The molecule has 0 aliphatic carbocycles. The smallest absolute Gasteiger partial charge is 0.342 e. The van der Waals surface area contributed by atoms with E-state index in [4.69, 9.17) is 4.74 Å². The van der Waals surface area contributed by atoms with E-state index in [1.165, 1.54) is 23.8 Å². The van der Waals surface area contributed by atoms with Crippen molar-refractivity contribution in [3.8, 4) is 0 Å². The van der Waals surface area contributed by atoms with Gasteiger partial charge in [0.25, 0.3) is 11.2 Å². The van der Waals surface area contributed by atoms with E-state index in [1.807, 2.05) is 11.5 Å². The summed E-state index contributed by atoms with van der Waals surface area (Å²) >= 11 is 0. The van der Waals surface area contributed by atoms with Gasteiger partial charge in [-0.15, -0.1) is 0 Å². The predicted octanol–water partition coefficient (Wildman–Crippen LogP) is 3.05. The first kappa shape index (κ1) is 20.4. The second-order valence-electron chi connectivity index (χ2n) is 7.14. The molecule has 1 aromatic carbocycles. The Labute approximate surface area is 167 Å². The van der Waals surface area contributed by atoms with Gasteiger partial charge in [0.1, 0.15) is 11.4 Å². The number of esters is 1. The second kappa shape index (κ2) is 7.57. The second-order valence-corrected chi connectivity index (χ2v) is 7.14. The fourth-order valence-electron chi connectivity index (χ4n) is 3.79. The summed E-state index contributed by atoms with van der Waals surface area (Å²) in [5.41, 5.74) is 0.832. The average Bonchev–Trinajstić information content (AvgIpc) is 3.04. The van der Waals surface area contributed by atoms with Gasteiger partial charge in [0.15, 0.2) is 0 Å². The van der Waals surface area contributed by atoms with Crippen LogP contribution >= 0.6 is 0 Å². The molecule has 0 aliphatic rings. The maximum atomic E-state index is 13.3. The molecule has 2 aromatic heterocycles. The maximum absolute atomic E-state index is 13.3. The number of ether oxygens (including phenoxy) is 1. The quantitative estimate of drug-likeness (QED) is 0.358. The molecule has 9 nitrogen and oxygen atoms in total. The number of aromatic nitrogens is 2. The van der Waals surface area contributed by atoms with Crippen LogP contribution in [0, 0.1) is 10.1 Å². The van der Waals surface area contributed by atoms with Crippen LogP contribution in [0.5, 0.6) is 0 Å². The highest BCUT2D eigenvalue weighted by molar-refractivity contribution is 6.16. The fraction of sp³-hybridized carbons (Fsp3) is 0.400. The van der Waals surface area contributed by atoms with Gasteiger partial charge >= 0.3 is 5.97 Å². The monoisotopic (exact) mass is 400 g/mol. The number of unbranched alkanes of at least 4 members (excludes halogenated alkanes) is 1. The van der Waals surface area contributed by atoms with Gasteiger partial charge in [-0.25, -0.2) is 4.79 Å². The third kappa shape index (κ3) is 3.12. The van der Waals surface area contributed by atoms with E-state index >= 15 is 0 Å². The van der Waals surface area contributed by atoms with Crippen LogP contribution in [0.4, 0.5) is 11.5 Å². The van der Waals surface area contributed by atoms with Gasteiger partial charge < -0.3 is 18.8 Å². The van der Waals surface area contributed by atoms with Gasteiger partial charge in [0.05, 0.1) is 28.5 Å². The van der Waals surface area contributed by atoms with Gasteiger partial charge in [0, 0.05) is 45.2 Å². The Bertz CT molecular complexity index is 1190. The number of carbonyl (C=O) groups is 1. The molecule has 0 radical (unpaired) electrons. The van der Waals surface area contributed by atoms with Gasteiger partial charge in [-0.2, -0.15) is 0 Å². The largest absolute Gasteiger partial charge is 0.465 e. The number of aryl methyl sites for hydroxylation is 2. The summed E-state index contributed by atoms with van der Waals surface area (Å²) in [6, 6.07) is 4.40. The fourth-order valence-corrected chi connectivity index (χ4v) is 3.79. The van der Waals surface area contributed by atoms with Crippen molar-refractivity contribution < 1.29 is 14.5 Å². The number of nitrogens with zero attached hydrogens (tertiary/aromatic N) is 4. The number of hydrogen-bond acceptors (Lipinski definition) is 6. The van der Waals surface area contributed by atoms with Crippen molar-refractivity contribution in [3.05, 3.63) is 44.2 Å². The van der Waals surface area contributed by atoms with Crippen LogP contribution in [0.15, 0.2) is 23.0 Å². The molecule has 9 heteroatoms. The zero-order chi connectivity index (χ0) is 21.5. The van der Waals surface area contributed by atoms with Gasteiger partial charge in [-0.1, -0.05) is 13.3 Å². The minimum absolute atomic E-state index is 0.0771. The summed E-state index contributed by atoms with van der Waals surface area (Å²) in [5.74, 6) is -0.0627. The Morgan fingerprint density at radius 3 is 2.55 bits per heavy atom. The number of anilines is 1. The molecule has 0 N–H and O–H groups in total. The standard InChI is InChI=1S/C20H24N4O5/c1-6-7-10-23-17-13-11-12(24(27)28)8-9-14(13)22(4)19(25)15(17)16(20(26)29-5)18(23)21(2)3/h8-9,11H,6-7,10H2,1-5H3. The Kier molecular flexibility index (Phi) is 5.32. The number of benzene rings is 1. The van der Waals surface area contributed by atoms with E-state index in [9.17, 15) is 19.7 Å². The molecule has 2 heterocycles. The summed E-state index contributed by atoms with van der Waals surface area (Å²) in [7, 11) is 6.44. The molecule has 0 atom stereocenters. The first-order chi connectivity index (χ1) is 13.7. The lowest BCUT2D eigenvalue weighted by atomic mass is 10.1. The first-order valence-corrected chi connectivity index (χ1v) is 9.33. The lowest BCUT2D eigenvalue weighted by Crippen LogP contribution is -2.20. The molecule has 3 rings (SSSR count). The van der Waals surface area contributed by atoms with Crippen LogP contribution in [0.2, 0.25) is 0 Å². The molecule has 0 saturated carbocycles. The van der Waals surface area contributed by atoms with E-state index in [2.05, 4.69) is 0 Å². The van der Waals surface area contributed by atoms with Gasteiger partial charge in [0.2, 0.25) is 0 Å². The molecular weight excluding hydrogens is 376 g/mol. The Morgan fingerprint density at radius 1 is 1.31 bits per heavy atom. The summed E-state index contributed by atoms with van der Waals surface area (Å²) in [4.78, 5) is 38.6. The third-order valence-corrected chi connectivity index (χ3v) is 5.11. The number of methoxy groups -OCH3 is 1. The van der Waals surface area contributed by atoms with E-state index < -0.39 is 10.9 Å². The third-order valence-electron chi connectivity index (χ3n) is 5.11. The van der Waals surface area contributed by atoms with E-state index in [-0.39, 0.29) is 22.2 Å². The molecule has 0 bridgehead atoms. The highest BCUT2D eigenvalue weighted by atomic mass is 16.6. The van der Waals surface area contributed by atoms with E-state index in [0.29, 0.717) is 28.8 Å². The van der Waals surface area contributed by atoms with Crippen molar-refractivity contribution in [3.63, 3.8) is 0 Å². The molecule has 0 spiro atoms. The van der Waals surface area contributed by atoms with Crippen LogP contribution in [0.25, 0.3) is 21.8 Å². The number of rotatable bonds is 6. The van der Waals surface area contributed by atoms with Crippen molar-refractivity contribution in [2.24, 2.45) is 7.05 Å². The molecule has 154 valence electrons. The van der Waals surface area contributed by atoms with Crippen LogP contribution in [-0.4, -0.2) is 41.2 Å². The van der Waals surface area contributed by atoms with Gasteiger partial charge in [-0.05, 0) is 12.5 Å². The van der Waals surface area contributed by atoms with Crippen molar-refractivity contribution in [1.82, 2.24) is 9.13 Å². The number of hydrogen-bond donors (Lipinski definition) is 0. The van der Waals surface area contributed by atoms with Gasteiger partial charge in [-0.3, -0.25) is 14.9 Å². The minimum atomic E-state index is -0.615. The SMILES string of the molecule is CCCCn1c(N(C)C)c(C(=O)OC)c2c(=O)n(C)c3ccc([N+](=O)[O-])cc3c21. The molecule has 29 heavy (non-hydrogen) atoms. The zero-order valence-electron chi connectivity index (χ0n) is 17.2. The van der Waals surface area contributed by atoms with Crippen LogP contribution < -0.4 is 10.5 Å². The predicted molar refractivity (Wildman–Crippen MR) is 112 cm³/mol. The number of fused-ring (bicyclic) bond motifs is 3. The van der Waals surface area contributed by atoms with Crippen molar-refractivity contribution in [2.75, 3.05) is 26.1 Å². The molecular formula is C20H24N4O5. The van der Waals surface area contributed by atoms with Crippen molar-refractivity contribution in [2.45, 2.75) is 26.3 Å². The zero-order valence-corrected chi connectivity index (χ0v) is 17.2. The van der Waals surface area contributed by atoms with Crippen LogP contribution in [0.1, 0.15) is 30.1 Å². The normalized spacial score (nSPS) is 11.2. The summed E-state index contributed by atoms with van der Waals surface area (Å²) in [6.45, 7) is 2.60. The van der Waals surface area contributed by atoms with Crippen LogP contribution in [0.3, 0.4) is 0 Å². The van der Waals surface area contributed by atoms with Crippen molar-refractivity contribution in [1.29, 1.82) is 0 Å². The lowest BCUT2D eigenvalue weighted by molar-refractivity contribution is -0.384.